The molecule has 2 amide bonds. The fraction of sp³-hybridized carbons (Fsp3) is 0.481. The number of aryl methyl sites for hydroxylation is 2. The molecule has 2 aromatic rings. The van der Waals surface area contributed by atoms with Crippen LogP contribution in [0.2, 0.25) is 0 Å². The Morgan fingerprint density at radius 3 is 2.45 bits per heavy atom. The predicted molar refractivity (Wildman–Crippen MR) is 127 cm³/mol. The third-order valence-corrected chi connectivity index (χ3v) is 6.30. The standard InChI is InChI=1S/C27H35FN2O3/c1-4-24(27(32)29-23-8-6-5-7-9-23)30(17-21-12-14-22(28)15-13-21)26(31)18-33-25-16-19(2)10-11-20(25)3/h10-16,23-24H,4-9,17-18H2,1-3H3,(H,29,32)/t24-/m0/s1. The number of rotatable bonds is 9. The minimum absolute atomic E-state index is 0.133. The van der Waals surface area contributed by atoms with Gasteiger partial charge in [-0.05, 0) is 68.0 Å². The fourth-order valence-electron chi connectivity index (χ4n) is 4.34. The van der Waals surface area contributed by atoms with Crippen LogP contribution in [0.5, 0.6) is 5.75 Å². The van der Waals surface area contributed by atoms with Gasteiger partial charge in [0.1, 0.15) is 17.6 Å². The van der Waals surface area contributed by atoms with Crippen molar-refractivity contribution in [2.45, 2.75) is 77.9 Å². The monoisotopic (exact) mass is 454 g/mol. The van der Waals surface area contributed by atoms with Gasteiger partial charge in [-0.25, -0.2) is 4.39 Å². The lowest BCUT2D eigenvalue weighted by Gasteiger charge is -2.32. The maximum atomic E-state index is 13.4. The van der Waals surface area contributed by atoms with Crippen molar-refractivity contribution in [2.75, 3.05) is 6.61 Å². The minimum atomic E-state index is -0.619. The second-order valence-electron chi connectivity index (χ2n) is 8.97. The van der Waals surface area contributed by atoms with Crippen LogP contribution in [0.15, 0.2) is 42.5 Å². The van der Waals surface area contributed by atoms with Gasteiger partial charge in [-0.2, -0.15) is 0 Å². The Hall–Kier alpha value is -2.89. The molecule has 1 saturated carbocycles. The number of carbonyl (C=O) groups excluding carboxylic acids is 2. The van der Waals surface area contributed by atoms with Gasteiger partial charge in [-0.3, -0.25) is 9.59 Å². The largest absolute Gasteiger partial charge is 0.483 e. The summed E-state index contributed by atoms with van der Waals surface area (Å²) in [5.41, 5.74) is 2.76. The molecule has 0 radical (unpaired) electrons. The number of halogens is 1. The van der Waals surface area contributed by atoms with Gasteiger partial charge in [-0.15, -0.1) is 0 Å². The van der Waals surface area contributed by atoms with Gasteiger partial charge in [-0.1, -0.05) is 50.5 Å². The van der Waals surface area contributed by atoms with Crippen LogP contribution in [0, 0.1) is 19.7 Å². The minimum Gasteiger partial charge on any atom is -0.483 e. The van der Waals surface area contributed by atoms with Crippen molar-refractivity contribution in [1.82, 2.24) is 10.2 Å². The van der Waals surface area contributed by atoms with E-state index in [2.05, 4.69) is 5.32 Å². The van der Waals surface area contributed by atoms with E-state index in [1.165, 1.54) is 18.6 Å². The summed E-state index contributed by atoms with van der Waals surface area (Å²) in [6.07, 6.45) is 5.87. The Kier molecular flexibility index (Phi) is 8.87. The molecule has 2 aromatic carbocycles. The van der Waals surface area contributed by atoms with Crippen LogP contribution >= 0.6 is 0 Å². The Bertz CT molecular complexity index is 939. The van der Waals surface area contributed by atoms with Crippen molar-refractivity contribution in [3.63, 3.8) is 0 Å². The molecule has 1 aliphatic rings. The first-order valence-corrected chi connectivity index (χ1v) is 11.9. The number of nitrogens with one attached hydrogen (secondary N) is 1. The Balaban J connectivity index is 1.77. The molecule has 0 saturated heterocycles. The van der Waals surface area contributed by atoms with Crippen LogP contribution in [-0.4, -0.2) is 35.4 Å². The quantitative estimate of drug-likeness (QED) is 0.575. The Labute approximate surface area is 196 Å². The van der Waals surface area contributed by atoms with E-state index in [1.54, 1.807) is 17.0 Å². The molecule has 1 N–H and O–H groups in total. The lowest BCUT2D eigenvalue weighted by atomic mass is 9.95. The highest BCUT2D eigenvalue weighted by Crippen LogP contribution is 2.21. The summed E-state index contributed by atoms with van der Waals surface area (Å²) in [5.74, 6) is -0.0840. The Morgan fingerprint density at radius 1 is 1.09 bits per heavy atom. The van der Waals surface area contributed by atoms with E-state index in [0.717, 1.165) is 42.4 Å². The molecule has 5 nitrogen and oxygen atoms in total. The number of carbonyl (C=O) groups is 2. The number of hydrogen-bond acceptors (Lipinski definition) is 3. The molecule has 0 aromatic heterocycles. The third kappa shape index (κ3) is 7.04. The number of benzene rings is 2. The molecule has 6 heteroatoms. The molecule has 1 atom stereocenters. The molecular weight excluding hydrogens is 419 g/mol. The molecule has 1 fully saturated rings. The molecule has 178 valence electrons. The van der Waals surface area contributed by atoms with Gasteiger partial charge < -0.3 is 15.0 Å². The average molecular weight is 455 g/mol. The van der Waals surface area contributed by atoms with E-state index in [4.69, 9.17) is 4.74 Å². The molecule has 1 aliphatic carbocycles. The van der Waals surface area contributed by atoms with Gasteiger partial charge in [0.2, 0.25) is 5.91 Å². The lowest BCUT2D eigenvalue weighted by Crippen LogP contribution is -2.52. The van der Waals surface area contributed by atoms with Crippen molar-refractivity contribution < 1.29 is 18.7 Å². The normalized spacial score (nSPS) is 15.0. The first-order valence-electron chi connectivity index (χ1n) is 11.9. The summed E-state index contributed by atoms with van der Waals surface area (Å²) >= 11 is 0. The zero-order chi connectivity index (χ0) is 23.8. The zero-order valence-corrected chi connectivity index (χ0v) is 19.9. The fourth-order valence-corrected chi connectivity index (χ4v) is 4.34. The smallest absolute Gasteiger partial charge is 0.261 e. The molecule has 0 aliphatic heterocycles. The molecule has 0 bridgehead atoms. The van der Waals surface area contributed by atoms with E-state index in [9.17, 15) is 14.0 Å². The molecule has 3 rings (SSSR count). The summed E-state index contributed by atoms with van der Waals surface area (Å²) in [4.78, 5) is 28.1. The van der Waals surface area contributed by atoms with Crippen molar-refractivity contribution >= 4 is 11.8 Å². The van der Waals surface area contributed by atoms with E-state index in [0.29, 0.717) is 12.2 Å². The van der Waals surface area contributed by atoms with Gasteiger partial charge in [0.25, 0.3) is 5.91 Å². The summed E-state index contributed by atoms with van der Waals surface area (Å²) in [7, 11) is 0. The van der Waals surface area contributed by atoms with E-state index >= 15 is 0 Å². The van der Waals surface area contributed by atoms with Crippen LogP contribution < -0.4 is 10.1 Å². The van der Waals surface area contributed by atoms with Crippen molar-refractivity contribution in [1.29, 1.82) is 0 Å². The van der Waals surface area contributed by atoms with E-state index < -0.39 is 6.04 Å². The molecular formula is C27H35FN2O3. The van der Waals surface area contributed by atoms with Crippen LogP contribution in [-0.2, 0) is 16.1 Å². The van der Waals surface area contributed by atoms with Crippen molar-refractivity contribution in [2.24, 2.45) is 0 Å². The first kappa shape index (κ1) is 24.7. The lowest BCUT2D eigenvalue weighted by molar-refractivity contribution is -0.143. The van der Waals surface area contributed by atoms with E-state index in [1.807, 2.05) is 39.0 Å². The van der Waals surface area contributed by atoms with Gasteiger partial charge in [0.05, 0.1) is 0 Å². The highest BCUT2D eigenvalue weighted by atomic mass is 19.1. The van der Waals surface area contributed by atoms with Crippen LogP contribution in [0.1, 0.15) is 62.1 Å². The van der Waals surface area contributed by atoms with Crippen LogP contribution in [0.4, 0.5) is 4.39 Å². The maximum absolute atomic E-state index is 13.4. The molecule has 0 heterocycles. The second-order valence-corrected chi connectivity index (χ2v) is 8.97. The third-order valence-electron chi connectivity index (χ3n) is 6.30. The zero-order valence-electron chi connectivity index (χ0n) is 19.9. The SMILES string of the molecule is CC[C@@H](C(=O)NC1CCCCC1)N(Cc1ccc(F)cc1)C(=O)COc1cc(C)ccc1C. The first-order chi connectivity index (χ1) is 15.9. The number of ether oxygens (including phenoxy) is 1. The number of nitrogens with zero attached hydrogens (tertiary/aromatic N) is 1. The summed E-state index contributed by atoms with van der Waals surface area (Å²) in [6, 6.07) is 11.4. The van der Waals surface area contributed by atoms with Crippen LogP contribution in [0.25, 0.3) is 0 Å². The number of hydrogen-bond donors (Lipinski definition) is 1. The second kappa shape index (κ2) is 11.8. The van der Waals surface area contributed by atoms with Gasteiger partial charge >= 0.3 is 0 Å². The number of amides is 2. The van der Waals surface area contributed by atoms with Crippen LogP contribution in [0.3, 0.4) is 0 Å². The highest BCUT2D eigenvalue weighted by molar-refractivity contribution is 5.88. The van der Waals surface area contributed by atoms with Crippen molar-refractivity contribution in [3.8, 4) is 5.75 Å². The molecule has 33 heavy (non-hydrogen) atoms. The van der Waals surface area contributed by atoms with Crippen molar-refractivity contribution in [3.05, 3.63) is 65.0 Å². The topological polar surface area (TPSA) is 58.6 Å². The summed E-state index contributed by atoms with van der Waals surface area (Å²) in [5, 5.41) is 3.16. The predicted octanol–water partition coefficient (Wildman–Crippen LogP) is 5.08. The molecule has 0 spiro atoms. The summed E-state index contributed by atoms with van der Waals surface area (Å²) in [6.45, 7) is 5.85. The Morgan fingerprint density at radius 2 is 1.79 bits per heavy atom. The summed E-state index contributed by atoms with van der Waals surface area (Å²) < 4.78 is 19.3. The van der Waals surface area contributed by atoms with Gasteiger partial charge in [0.15, 0.2) is 6.61 Å². The maximum Gasteiger partial charge on any atom is 0.261 e. The highest BCUT2D eigenvalue weighted by Gasteiger charge is 2.30. The molecule has 0 unspecified atom stereocenters. The average Bonchev–Trinajstić information content (AvgIpc) is 2.81. The van der Waals surface area contributed by atoms with Gasteiger partial charge in [0, 0.05) is 12.6 Å². The van der Waals surface area contributed by atoms with E-state index in [-0.39, 0.29) is 36.8 Å².